The summed E-state index contributed by atoms with van der Waals surface area (Å²) in [6.07, 6.45) is 0. The average Bonchev–Trinajstić information content (AvgIpc) is 2.12. The Kier molecular flexibility index (Phi) is 2.86. The maximum absolute atomic E-state index is 10.7. The third kappa shape index (κ3) is 1.61. The summed E-state index contributed by atoms with van der Waals surface area (Å²) in [6.45, 7) is 1.48. The van der Waals surface area contributed by atoms with Gasteiger partial charge in [-0.2, -0.15) is 0 Å². The molecule has 0 bridgehead atoms. The van der Waals surface area contributed by atoms with Gasteiger partial charge in [0.1, 0.15) is 0 Å². The van der Waals surface area contributed by atoms with Gasteiger partial charge in [0, 0.05) is 5.56 Å². The van der Waals surface area contributed by atoms with E-state index < -0.39 is 5.97 Å². The molecule has 4 nitrogen and oxygen atoms in total. The molecule has 0 atom stereocenters. The predicted octanol–water partition coefficient (Wildman–Crippen LogP) is 2.06. The Morgan fingerprint density at radius 1 is 1.57 bits per heavy atom. The van der Waals surface area contributed by atoms with Crippen LogP contribution in [0.25, 0.3) is 0 Å². The van der Waals surface area contributed by atoms with Crippen LogP contribution in [-0.2, 0) is 0 Å². The maximum atomic E-state index is 10.7. The molecule has 0 unspecified atom stereocenters. The number of phenols is 1. The van der Waals surface area contributed by atoms with Gasteiger partial charge in [-0.1, -0.05) is 11.6 Å². The van der Waals surface area contributed by atoms with Crippen molar-refractivity contribution >= 4 is 17.6 Å². The van der Waals surface area contributed by atoms with E-state index in [-0.39, 0.29) is 27.6 Å². The number of hydrogen-bond acceptors (Lipinski definition) is 3. The monoisotopic (exact) mass is 216 g/mol. The van der Waals surface area contributed by atoms with E-state index in [1.165, 1.54) is 20.1 Å². The fourth-order valence-electron chi connectivity index (χ4n) is 1.13. The zero-order valence-electron chi connectivity index (χ0n) is 7.67. The molecule has 0 aliphatic rings. The highest BCUT2D eigenvalue weighted by molar-refractivity contribution is 6.32. The first-order valence-electron chi connectivity index (χ1n) is 3.78. The van der Waals surface area contributed by atoms with Crippen LogP contribution in [0.4, 0.5) is 0 Å². The Balaban J connectivity index is 3.47. The molecule has 14 heavy (non-hydrogen) atoms. The lowest BCUT2D eigenvalue weighted by Crippen LogP contribution is -2.01. The third-order valence-electron chi connectivity index (χ3n) is 1.90. The standard InChI is InChI=1S/C9H9ClO4/c1-4-5(9(12)13)3-6(10)8(14-2)7(4)11/h3,11H,1-2H3,(H,12,13). The van der Waals surface area contributed by atoms with E-state index in [4.69, 9.17) is 21.4 Å². The SMILES string of the molecule is COc1c(Cl)cc(C(=O)O)c(C)c1O. The smallest absolute Gasteiger partial charge is 0.336 e. The normalized spacial score (nSPS) is 9.93. The van der Waals surface area contributed by atoms with E-state index in [2.05, 4.69) is 0 Å². The number of hydrogen-bond donors (Lipinski definition) is 2. The molecule has 0 radical (unpaired) electrons. The molecule has 0 fully saturated rings. The number of carboxylic acids is 1. The van der Waals surface area contributed by atoms with Gasteiger partial charge in [0.05, 0.1) is 17.7 Å². The van der Waals surface area contributed by atoms with Crippen molar-refractivity contribution < 1.29 is 19.7 Å². The first-order chi connectivity index (χ1) is 6.49. The number of phenolic OH excluding ortho intramolecular Hbond substituents is 1. The minimum Gasteiger partial charge on any atom is -0.504 e. The Morgan fingerprint density at radius 2 is 2.14 bits per heavy atom. The Bertz CT molecular complexity index is 387. The van der Waals surface area contributed by atoms with Crippen molar-refractivity contribution in [2.45, 2.75) is 6.92 Å². The first kappa shape index (κ1) is 10.7. The molecule has 0 aliphatic heterocycles. The summed E-state index contributed by atoms with van der Waals surface area (Å²) in [5, 5.41) is 18.4. The molecule has 0 aliphatic carbocycles. The summed E-state index contributed by atoms with van der Waals surface area (Å²) in [6, 6.07) is 1.25. The van der Waals surface area contributed by atoms with Crippen LogP contribution in [0.2, 0.25) is 5.02 Å². The fourth-order valence-corrected chi connectivity index (χ4v) is 1.40. The van der Waals surface area contributed by atoms with Crippen molar-refractivity contribution in [1.29, 1.82) is 0 Å². The summed E-state index contributed by atoms with van der Waals surface area (Å²) in [4.78, 5) is 10.7. The molecule has 0 saturated carbocycles. The second-order valence-corrected chi connectivity index (χ2v) is 3.13. The molecule has 76 valence electrons. The van der Waals surface area contributed by atoms with Crippen molar-refractivity contribution in [2.75, 3.05) is 7.11 Å². The maximum Gasteiger partial charge on any atom is 0.336 e. The van der Waals surface area contributed by atoms with Gasteiger partial charge in [-0.05, 0) is 13.0 Å². The first-order valence-corrected chi connectivity index (χ1v) is 4.16. The third-order valence-corrected chi connectivity index (χ3v) is 2.18. The van der Waals surface area contributed by atoms with Gasteiger partial charge in [-0.25, -0.2) is 4.79 Å². The van der Waals surface area contributed by atoms with Crippen LogP contribution in [-0.4, -0.2) is 23.3 Å². The van der Waals surface area contributed by atoms with E-state index >= 15 is 0 Å². The molecule has 0 spiro atoms. The molecule has 1 aromatic rings. The number of benzene rings is 1. The van der Waals surface area contributed by atoms with Crippen LogP contribution >= 0.6 is 11.6 Å². The van der Waals surface area contributed by atoms with E-state index in [1.807, 2.05) is 0 Å². The predicted molar refractivity (Wildman–Crippen MR) is 51.4 cm³/mol. The average molecular weight is 217 g/mol. The van der Waals surface area contributed by atoms with Crippen LogP contribution in [0.15, 0.2) is 6.07 Å². The van der Waals surface area contributed by atoms with Gasteiger partial charge in [0.25, 0.3) is 0 Å². The number of aromatic carboxylic acids is 1. The summed E-state index contributed by atoms with van der Waals surface area (Å²) < 4.78 is 4.82. The minimum atomic E-state index is -1.14. The lowest BCUT2D eigenvalue weighted by atomic mass is 10.1. The number of halogens is 1. The number of rotatable bonds is 2. The Morgan fingerprint density at radius 3 is 2.57 bits per heavy atom. The van der Waals surface area contributed by atoms with Crippen LogP contribution < -0.4 is 4.74 Å². The number of carboxylic acid groups (broad SMARTS) is 1. The number of methoxy groups -OCH3 is 1. The molecule has 0 saturated heterocycles. The van der Waals surface area contributed by atoms with Gasteiger partial charge in [-0.3, -0.25) is 0 Å². The van der Waals surface area contributed by atoms with Gasteiger partial charge in [-0.15, -0.1) is 0 Å². The van der Waals surface area contributed by atoms with E-state index in [0.29, 0.717) is 0 Å². The van der Waals surface area contributed by atoms with Gasteiger partial charge >= 0.3 is 5.97 Å². The fraction of sp³-hybridized carbons (Fsp3) is 0.222. The molecule has 1 aromatic carbocycles. The largest absolute Gasteiger partial charge is 0.504 e. The van der Waals surface area contributed by atoms with Crippen LogP contribution in [0.3, 0.4) is 0 Å². The number of ether oxygens (including phenoxy) is 1. The molecule has 0 aromatic heterocycles. The lowest BCUT2D eigenvalue weighted by molar-refractivity contribution is 0.0695. The van der Waals surface area contributed by atoms with Crippen molar-refractivity contribution in [3.05, 3.63) is 22.2 Å². The van der Waals surface area contributed by atoms with E-state index in [1.54, 1.807) is 0 Å². The highest BCUT2D eigenvalue weighted by atomic mass is 35.5. The lowest BCUT2D eigenvalue weighted by Gasteiger charge is -2.10. The summed E-state index contributed by atoms with van der Waals surface area (Å²) in [7, 11) is 1.35. The summed E-state index contributed by atoms with van der Waals surface area (Å²) >= 11 is 5.70. The summed E-state index contributed by atoms with van der Waals surface area (Å²) in [5.74, 6) is -1.28. The summed E-state index contributed by atoms with van der Waals surface area (Å²) in [5.41, 5.74) is 0.201. The highest BCUT2D eigenvalue weighted by Gasteiger charge is 2.17. The van der Waals surface area contributed by atoms with E-state index in [0.717, 1.165) is 0 Å². The topological polar surface area (TPSA) is 66.8 Å². The van der Waals surface area contributed by atoms with Crippen molar-refractivity contribution in [2.24, 2.45) is 0 Å². The van der Waals surface area contributed by atoms with Crippen molar-refractivity contribution in [1.82, 2.24) is 0 Å². The zero-order valence-corrected chi connectivity index (χ0v) is 8.42. The molecular formula is C9H9ClO4. The number of aromatic hydroxyl groups is 1. The highest BCUT2D eigenvalue weighted by Crippen LogP contribution is 2.38. The van der Waals surface area contributed by atoms with Gasteiger partial charge in [0.2, 0.25) is 0 Å². The van der Waals surface area contributed by atoms with Gasteiger partial charge in [0.15, 0.2) is 11.5 Å². The molecule has 5 heteroatoms. The van der Waals surface area contributed by atoms with Crippen molar-refractivity contribution in [3.8, 4) is 11.5 Å². The molecule has 0 amide bonds. The van der Waals surface area contributed by atoms with Crippen molar-refractivity contribution in [3.63, 3.8) is 0 Å². The second kappa shape index (κ2) is 3.75. The number of carbonyl (C=O) groups is 1. The van der Waals surface area contributed by atoms with E-state index in [9.17, 15) is 9.90 Å². The van der Waals surface area contributed by atoms with Gasteiger partial charge < -0.3 is 14.9 Å². The van der Waals surface area contributed by atoms with Crippen LogP contribution in [0, 0.1) is 6.92 Å². The molecular weight excluding hydrogens is 208 g/mol. The molecule has 0 heterocycles. The Labute approximate surface area is 85.7 Å². The minimum absolute atomic E-state index is 0.0340. The van der Waals surface area contributed by atoms with Crippen LogP contribution in [0.5, 0.6) is 11.5 Å². The zero-order chi connectivity index (χ0) is 10.9. The quantitative estimate of drug-likeness (QED) is 0.794. The van der Waals surface area contributed by atoms with Crippen LogP contribution in [0.1, 0.15) is 15.9 Å². The Hall–Kier alpha value is -1.42. The molecule has 1 rings (SSSR count). The molecule has 2 N–H and O–H groups in total. The second-order valence-electron chi connectivity index (χ2n) is 2.72.